The van der Waals surface area contributed by atoms with E-state index in [9.17, 15) is 0 Å². The van der Waals surface area contributed by atoms with Crippen molar-refractivity contribution in [3.05, 3.63) is 69.2 Å². The minimum Gasteiger partial charge on any atom is -0.384 e. The number of amidine groups is 1. The second kappa shape index (κ2) is 6.87. The highest BCUT2D eigenvalue weighted by Crippen LogP contribution is 2.19. The van der Waals surface area contributed by atoms with Crippen LogP contribution in [0.5, 0.6) is 0 Å². The molecule has 0 radical (unpaired) electrons. The lowest BCUT2D eigenvalue weighted by Gasteiger charge is -2.19. The third-order valence-corrected chi connectivity index (χ3v) is 4.27. The molecule has 0 heterocycles. The number of halogens is 1. The minimum absolute atomic E-state index is 0.117. The summed E-state index contributed by atoms with van der Waals surface area (Å²) < 4.78 is 1.14. The van der Waals surface area contributed by atoms with E-state index < -0.39 is 0 Å². The molecule has 0 bridgehead atoms. The van der Waals surface area contributed by atoms with Crippen molar-refractivity contribution < 1.29 is 0 Å². The molecule has 0 unspecified atom stereocenters. The average molecular weight is 346 g/mol. The predicted octanol–water partition coefficient (Wildman–Crippen LogP) is 3.67. The van der Waals surface area contributed by atoms with E-state index in [1.165, 1.54) is 16.7 Å². The van der Waals surface area contributed by atoms with E-state index in [0.29, 0.717) is 0 Å². The maximum atomic E-state index is 7.48. The van der Waals surface area contributed by atoms with Crippen LogP contribution in [0.1, 0.15) is 22.3 Å². The highest BCUT2D eigenvalue weighted by atomic mass is 79.9. The second-order valence-corrected chi connectivity index (χ2v) is 6.17. The molecule has 110 valence electrons. The van der Waals surface area contributed by atoms with Gasteiger partial charge in [0.2, 0.25) is 0 Å². The van der Waals surface area contributed by atoms with Gasteiger partial charge in [0.1, 0.15) is 5.84 Å². The van der Waals surface area contributed by atoms with Crippen molar-refractivity contribution in [1.82, 2.24) is 4.90 Å². The van der Waals surface area contributed by atoms with Crippen molar-refractivity contribution in [2.75, 3.05) is 7.05 Å². The molecule has 0 atom stereocenters. The number of nitrogen functional groups attached to an aromatic ring is 1. The third kappa shape index (κ3) is 4.16. The number of nitrogens with one attached hydrogen (secondary N) is 1. The summed E-state index contributed by atoms with van der Waals surface area (Å²) in [5.41, 5.74) is 10.0. The van der Waals surface area contributed by atoms with Gasteiger partial charge in [-0.1, -0.05) is 46.3 Å². The Morgan fingerprint density at radius 2 is 1.81 bits per heavy atom. The smallest absolute Gasteiger partial charge is 0.122 e. The van der Waals surface area contributed by atoms with Gasteiger partial charge in [-0.25, -0.2) is 0 Å². The normalized spacial score (nSPS) is 10.9. The molecule has 4 heteroatoms. The van der Waals surface area contributed by atoms with Gasteiger partial charge < -0.3 is 5.73 Å². The molecule has 2 rings (SSSR count). The Kier molecular flexibility index (Phi) is 5.15. The summed E-state index contributed by atoms with van der Waals surface area (Å²) in [6, 6.07) is 14.2. The molecule has 0 saturated carbocycles. The molecule has 0 spiro atoms. The Morgan fingerprint density at radius 1 is 1.14 bits per heavy atom. The van der Waals surface area contributed by atoms with E-state index in [2.05, 4.69) is 59.1 Å². The highest BCUT2D eigenvalue weighted by Gasteiger charge is 2.07. The van der Waals surface area contributed by atoms with Crippen molar-refractivity contribution in [1.29, 1.82) is 5.41 Å². The monoisotopic (exact) mass is 345 g/mol. The second-order valence-electron chi connectivity index (χ2n) is 5.32. The Morgan fingerprint density at radius 3 is 2.43 bits per heavy atom. The van der Waals surface area contributed by atoms with Crippen molar-refractivity contribution >= 4 is 21.8 Å². The fourth-order valence-corrected chi connectivity index (χ4v) is 2.72. The van der Waals surface area contributed by atoms with Crippen LogP contribution in [0.25, 0.3) is 0 Å². The topological polar surface area (TPSA) is 53.1 Å². The molecule has 0 fully saturated rings. The van der Waals surface area contributed by atoms with Crippen LogP contribution in [0.15, 0.2) is 46.9 Å². The maximum absolute atomic E-state index is 7.48. The number of nitrogens with two attached hydrogens (primary N) is 1. The lowest BCUT2D eigenvalue weighted by molar-refractivity contribution is 0.318. The molecule has 0 saturated heterocycles. The van der Waals surface area contributed by atoms with Gasteiger partial charge in [-0.2, -0.15) is 0 Å². The standard InChI is InChI=1S/C17H20BrN3/c1-12-9-13(17(19)20)7-8-14(12)10-21(2)11-15-5-3-4-6-16(15)18/h3-9H,10-11H2,1-2H3,(H3,19,20). The number of hydrogen-bond donors (Lipinski definition) is 2. The fourth-order valence-electron chi connectivity index (χ4n) is 2.30. The van der Waals surface area contributed by atoms with E-state index in [1.807, 2.05) is 18.2 Å². The molecule has 0 aliphatic rings. The van der Waals surface area contributed by atoms with Crippen LogP contribution < -0.4 is 5.73 Å². The van der Waals surface area contributed by atoms with Crippen LogP contribution in [0.2, 0.25) is 0 Å². The van der Waals surface area contributed by atoms with Crippen molar-refractivity contribution in [3.8, 4) is 0 Å². The van der Waals surface area contributed by atoms with Crippen LogP contribution in [0.3, 0.4) is 0 Å². The highest BCUT2D eigenvalue weighted by molar-refractivity contribution is 9.10. The van der Waals surface area contributed by atoms with Gasteiger partial charge >= 0.3 is 0 Å². The van der Waals surface area contributed by atoms with E-state index in [1.54, 1.807) is 0 Å². The third-order valence-electron chi connectivity index (χ3n) is 3.49. The van der Waals surface area contributed by atoms with Crippen LogP contribution in [0, 0.1) is 12.3 Å². The number of benzene rings is 2. The van der Waals surface area contributed by atoms with E-state index in [-0.39, 0.29) is 5.84 Å². The Bertz CT molecular complexity index is 652. The van der Waals surface area contributed by atoms with Crippen LogP contribution in [-0.2, 0) is 13.1 Å². The summed E-state index contributed by atoms with van der Waals surface area (Å²) in [6.07, 6.45) is 0. The molecule has 0 amide bonds. The first-order valence-corrected chi connectivity index (χ1v) is 7.62. The largest absolute Gasteiger partial charge is 0.384 e. The fraction of sp³-hybridized carbons (Fsp3) is 0.235. The predicted molar refractivity (Wildman–Crippen MR) is 91.5 cm³/mol. The quantitative estimate of drug-likeness (QED) is 0.641. The van der Waals surface area contributed by atoms with Crippen molar-refractivity contribution in [2.24, 2.45) is 5.73 Å². The molecular formula is C17H20BrN3. The first-order chi connectivity index (χ1) is 9.97. The molecule has 0 aromatic heterocycles. The Balaban J connectivity index is 2.08. The lowest BCUT2D eigenvalue weighted by Crippen LogP contribution is -2.18. The number of aryl methyl sites for hydroxylation is 1. The first kappa shape index (κ1) is 15.7. The Hall–Kier alpha value is -1.65. The number of nitrogens with zero attached hydrogens (tertiary/aromatic N) is 1. The maximum Gasteiger partial charge on any atom is 0.122 e. The zero-order valence-electron chi connectivity index (χ0n) is 12.4. The minimum atomic E-state index is 0.117. The summed E-state index contributed by atoms with van der Waals surface area (Å²) in [6.45, 7) is 3.81. The summed E-state index contributed by atoms with van der Waals surface area (Å²) >= 11 is 3.59. The van der Waals surface area contributed by atoms with Crippen LogP contribution in [-0.4, -0.2) is 17.8 Å². The molecule has 2 aromatic carbocycles. The van der Waals surface area contributed by atoms with Crippen LogP contribution >= 0.6 is 15.9 Å². The zero-order valence-corrected chi connectivity index (χ0v) is 13.9. The number of rotatable bonds is 5. The van der Waals surface area contributed by atoms with Gasteiger partial charge in [-0.05, 0) is 42.8 Å². The summed E-state index contributed by atoms with van der Waals surface area (Å²) in [5, 5.41) is 7.48. The summed E-state index contributed by atoms with van der Waals surface area (Å²) in [5.74, 6) is 0.117. The molecule has 3 nitrogen and oxygen atoms in total. The lowest BCUT2D eigenvalue weighted by atomic mass is 10.0. The molecule has 2 aromatic rings. The van der Waals surface area contributed by atoms with Gasteiger partial charge in [-0.3, -0.25) is 10.3 Å². The van der Waals surface area contributed by atoms with E-state index in [4.69, 9.17) is 11.1 Å². The van der Waals surface area contributed by atoms with E-state index >= 15 is 0 Å². The van der Waals surface area contributed by atoms with Gasteiger partial charge in [0.15, 0.2) is 0 Å². The summed E-state index contributed by atoms with van der Waals surface area (Å²) in [4.78, 5) is 2.27. The van der Waals surface area contributed by atoms with Crippen molar-refractivity contribution in [2.45, 2.75) is 20.0 Å². The molecule has 0 aliphatic carbocycles. The van der Waals surface area contributed by atoms with Gasteiger partial charge in [0.05, 0.1) is 0 Å². The zero-order chi connectivity index (χ0) is 15.4. The van der Waals surface area contributed by atoms with Crippen molar-refractivity contribution in [3.63, 3.8) is 0 Å². The number of hydrogen-bond acceptors (Lipinski definition) is 2. The van der Waals surface area contributed by atoms with E-state index in [0.717, 1.165) is 23.1 Å². The van der Waals surface area contributed by atoms with Crippen LogP contribution in [0.4, 0.5) is 0 Å². The van der Waals surface area contributed by atoms with Gasteiger partial charge in [-0.15, -0.1) is 0 Å². The summed E-state index contributed by atoms with van der Waals surface area (Å²) in [7, 11) is 2.11. The molecule has 21 heavy (non-hydrogen) atoms. The van der Waals surface area contributed by atoms with Gasteiger partial charge in [0.25, 0.3) is 0 Å². The molecule has 0 aliphatic heterocycles. The van der Waals surface area contributed by atoms with Gasteiger partial charge in [0, 0.05) is 23.1 Å². The first-order valence-electron chi connectivity index (χ1n) is 6.83. The SMILES string of the molecule is Cc1cc(C(=N)N)ccc1CN(C)Cc1ccccc1Br. The Labute approximate surface area is 134 Å². The molecule has 3 N–H and O–H groups in total. The average Bonchev–Trinajstić information content (AvgIpc) is 2.43. The molecular weight excluding hydrogens is 326 g/mol.